The smallest absolute Gasteiger partial charge is 0.330 e. The summed E-state index contributed by atoms with van der Waals surface area (Å²) in [5, 5.41) is 15.2. The van der Waals surface area contributed by atoms with E-state index in [1.807, 2.05) is 56.1 Å². The molecule has 0 fully saturated rings. The lowest BCUT2D eigenvalue weighted by Crippen LogP contribution is -2.44. The van der Waals surface area contributed by atoms with Gasteiger partial charge in [-0.05, 0) is 29.7 Å². The first-order valence-corrected chi connectivity index (χ1v) is 9.35. The second kappa shape index (κ2) is 7.64. The summed E-state index contributed by atoms with van der Waals surface area (Å²) in [4.78, 5) is 11.4. The molecule has 1 aliphatic rings. The highest BCUT2D eigenvalue weighted by Crippen LogP contribution is 2.43. The molecule has 2 N–H and O–H groups in total. The van der Waals surface area contributed by atoms with Gasteiger partial charge in [0.05, 0.1) is 17.9 Å². The fourth-order valence-corrected chi connectivity index (χ4v) is 3.29. The second-order valence-corrected chi connectivity index (χ2v) is 7.94. The van der Waals surface area contributed by atoms with Crippen molar-refractivity contribution < 1.29 is 14.6 Å². The van der Waals surface area contributed by atoms with Gasteiger partial charge in [0.1, 0.15) is 18.0 Å². The van der Waals surface area contributed by atoms with Gasteiger partial charge in [-0.2, -0.15) is 5.12 Å². The molecule has 2 aromatic carbocycles. The Kier molecular flexibility index (Phi) is 5.42. The van der Waals surface area contributed by atoms with E-state index in [2.05, 4.69) is 12.0 Å². The maximum Gasteiger partial charge on any atom is 0.330 e. The number of carbonyl (C=O) groups excluding carboxylic acids is 1. The molecule has 0 bridgehead atoms. The van der Waals surface area contributed by atoms with Crippen LogP contribution in [0.25, 0.3) is 0 Å². The number of phenolic OH excluding ortho intramolecular Hbond substituents is 1. The number of anilines is 3. The van der Waals surface area contributed by atoms with Crippen molar-refractivity contribution in [2.75, 3.05) is 28.7 Å². The third-order valence-corrected chi connectivity index (χ3v) is 4.70. The van der Waals surface area contributed by atoms with Crippen LogP contribution in [0.1, 0.15) is 26.3 Å². The molecule has 0 saturated carbocycles. The Bertz CT molecular complexity index is 908. The average Bonchev–Trinajstić information content (AvgIpc) is 2.98. The van der Waals surface area contributed by atoms with E-state index in [0.717, 1.165) is 23.0 Å². The Morgan fingerprint density at radius 3 is 2.71 bits per heavy atom. The van der Waals surface area contributed by atoms with E-state index < -0.39 is 5.97 Å². The first kappa shape index (κ1) is 19.9. The topological polar surface area (TPSA) is 65.0 Å². The van der Waals surface area contributed by atoms with E-state index in [1.54, 1.807) is 11.2 Å². The molecule has 3 rings (SSSR count). The molecule has 2 aromatic rings. The molecule has 0 spiro atoms. The standard InChI is InChI=1S/C21H24ClN3O3/c1-5-19(26)28-12-11-24-17-10-9-14(22)13-16(17)23-25(24)18-8-6-7-15(20(18)27)21(2,3)4/h5-10,13,23,27H,1,11-12H2,2-4H3. The summed E-state index contributed by atoms with van der Waals surface area (Å²) < 4.78 is 5.14. The van der Waals surface area contributed by atoms with Gasteiger partial charge >= 0.3 is 5.97 Å². The van der Waals surface area contributed by atoms with Crippen molar-refractivity contribution in [3.05, 3.63) is 59.6 Å². The van der Waals surface area contributed by atoms with Gasteiger partial charge in [-0.1, -0.05) is 51.1 Å². The number of phenols is 1. The van der Waals surface area contributed by atoms with Crippen LogP contribution in [0.5, 0.6) is 5.75 Å². The number of ether oxygens (including phenoxy) is 1. The zero-order valence-corrected chi connectivity index (χ0v) is 17.0. The number of halogens is 1. The fraction of sp³-hybridized carbons (Fsp3) is 0.286. The Morgan fingerprint density at radius 1 is 1.29 bits per heavy atom. The van der Waals surface area contributed by atoms with Gasteiger partial charge in [-0.25, -0.2) is 4.79 Å². The zero-order chi connectivity index (χ0) is 20.5. The molecule has 0 atom stereocenters. The molecule has 0 radical (unpaired) electrons. The molecule has 148 valence electrons. The normalized spacial score (nSPS) is 13.1. The molecule has 6 nitrogen and oxygen atoms in total. The van der Waals surface area contributed by atoms with Crippen molar-refractivity contribution in [2.45, 2.75) is 26.2 Å². The highest BCUT2D eigenvalue weighted by atomic mass is 35.5. The SMILES string of the molecule is C=CC(=O)OCCN1c2ccc(Cl)cc2NN1c1cccc(C(C)(C)C)c1O. The van der Waals surface area contributed by atoms with Crippen LogP contribution in [0.15, 0.2) is 49.1 Å². The number of hydrogen-bond donors (Lipinski definition) is 2. The van der Waals surface area contributed by atoms with Crippen LogP contribution in [-0.4, -0.2) is 24.2 Å². The first-order chi connectivity index (χ1) is 13.2. The minimum atomic E-state index is -0.479. The lowest BCUT2D eigenvalue weighted by molar-refractivity contribution is -0.137. The van der Waals surface area contributed by atoms with Crippen molar-refractivity contribution in [1.29, 1.82) is 0 Å². The molecule has 1 heterocycles. The van der Waals surface area contributed by atoms with Gasteiger partial charge in [-0.15, -0.1) is 0 Å². The number of fused-ring (bicyclic) bond motifs is 1. The second-order valence-electron chi connectivity index (χ2n) is 7.50. The monoisotopic (exact) mass is 401 g/mol. The number of esters is 1. The minimum Gasteiger partial charge on any atom is -0.505 e. The number of aromatic hydroxyl groups is 1. The molecule has 0 saturated heterocycles. The highest BCUT2D eigenvalue weighted by molar-refractivity contribution is 6.31. The van der Waals surface area contributed by atoms with Crippen molar-refractivity contribution in [3.8, 4) is 5.75 Å². The predicted molar refractivity (Wildman–Crippen MR) is 113 cm³/mol. The lowest BCUT2D eigenvalue weighted by atomic mass is 9.86. The van der Waals surface area contributed by atoms with Crippen molar-refractivity contribution in [1.82, 2.24) is 0 Å². The third kappa shape index (κ3) is 3.87. The van der Waals surface area contributed by atoms with Crippen LogP contribution in [0.2, 0.25) is 5.02 Å². The quantitative estimate of drug-likeness (QED) is 0.562. The van der Waals surface area contributed by atoms with E-state index >= 15 is 0 Å². The number of rotatable bonds is 5. The van der Waals surface area contributed by atoms with Gasteiger partial charge in [-0.3, -0.25) is 10.4 Å². The van der Waals surface area contributed by atoms with Gasteiger partial charge in [0.25, 0.3) is 0 Å². The number of nitrogens with one attached hydrogen (secondary N) is 1. The lowest BCUT2D eigenvalue weighted by Gasteiger charge is -2.32. The fourth-order valence-electron chi connectivity index (χ4n) is 3.11. The summed E-state index contributed by atoms with van der Waals surface area (Å²) in [6.07, 6.45) is 1.13. The third-order valence-electron chi connectivity index (χ3n) is 4.47. The van der Waals surface area contributed by atoms with Gasteiger partial charge < -0.3 is 9.84 Å². The minimum absolute atomic E-state index is 0.158. The molecular weight excluding hydrogens is 378 g/mol. The Morgan fingerprint density at radius 2 is 2.04 bits per heavy atom. The Labute approximate surface area is 169 Å². The molecule has 0 unspecified atom stereocenters. The maximum absolute atomic E-state index is 11.4. The summed E-state index contributed by atoms with van der Waals surface area (Å²) in [7, 11) is 0. The Hall–Kier alpha value is -2.86. The van der Waals surface area contributed by atoms with E-state index in [-0.39, 0.29) is 17.8 Å². The number of carbonyl (C=O) groups is 1. The molecule has 0 amide bonds. The zero-order valence-electron chi connectivity index (χ0n) is 16.2. The van der Waals surface area contributed by atoms with Crippen molar-refractivity contribution >= 4 is 34.6 Å². The number of benzene rings is 2. The molecule has 7 heteroatoms. The van der Waals surface area contributed by atoms with Gasteiger partial charge in [0.15, 0.2) is 0 Å². The van der Waals surface area contributed by atoms with E-state index in [4.69, 9.17) is 16.3 Å². The maximum atomic E-state index is 11.4. The van der Waals surface area contributed by atoms with E-state index in [0.29, 0.717) is 17.3 Å². The Balaban J connectivity index is 1.97. The molecular formula is C21H24ClN3O3. The van der Waals surface area contributed by atoms with Crippen LogP contribution < -0.4 is 15.6 Å². The largest absolute Gasteiger partial charge is 0.505 e. The number of hydrazine groups is 2. The molecule has 28 heavy (non-hydrogen) atoms. The number of para-hydroxylation sites is 1. The van der Waals surface area contributed by atoms with Crippen LogP contribution in [0.3, 0.4) is 0 Å². The molecule has 0 aliphatic carbocycles. The summed E-state index contributed by atoms with van der Waals surface area (Å²) >= 11 is 6.14. The molecule has 1 aliphatic heterocycles. The number of nitrogens with zero attached hydrogens (tertiary/aromatic N) is 2. The predicted octanol–water partition coefficient (Wildman–Crippen LogP) is 4.64. The van der Waals surface area contributed by atoms with Crippen LogP contribution >= 0.6 is 11.6 Å². The molecule has 0 aromatic heterocycles. The van der Waals surface area contributed by atoms with Gasteiger partial charge in [0, 0.05) is 16.7 Å². The average molecular weight is 402 g/mol. The first-order valence-electron chi connectivity index (χ1n) is 8.98. The van der Waals surface area contributed by atoms with Crippen molar-refractivity contribution in [2.24, 2.45) is 0 Å². The van der Waals surface area contributed by atoms with Gasteiger partial charge in [0.2, 0.25) is 0 Å². The highest BCUT2D eigenvalue weighted by Gasteiger charge is 2.31. The van der Waals surface area contributed by atoms with Crippen LogP contribution in [-0.2, 0) is 14.9 Å². The summed E-state index contributed by atoms with van der Waals surface area (Å²) in [6.45, 7) is 10.1. The van der Waals surface area contributed by atoms with Crippen LogP contribution in [0.4, 0.5) is 17.1 Å². The summed E-state index contributed by atoms with van der Waals surface area (Å²) in [5.74, 6) is -0.290. The summed E-state index contributed by atoms with van der Waals surface area (Å²) in [6, 6.07) is 11.1. The van der Waals surface area contributed by atoms with E-state index in [1.165, 1.54) is 0 Å². The number of hydrogen-bond acceptors (Lipinski definition) is 6. The van der Waals surface area contributed by atoms with E-state index in [9.17, 15) is 9.90 Å². The van der Waals surface area contributed by atoms with Crippen molar-refractivity contribution in [3.63, 3.8) is 0 Å². The van der Waals surface area contributed by atoms with Crippen LogP contribution in [0, 0.1) is 0 Å². The summed E-state index contributed by atoms with van der Waals surface area (Å²) in [5.41, 5.74) is 6.13.